The lowest BCUT2D eigenvalue weighted by Crippen LogP contribution is -2.16. The Balaban J connectivity index is 2.27. The van der Waals surface area contributed by atoms with Crippen molar-refractivity contribution in [1.82, 2.24) is 9.78 Å². The number of anilines is 1. The van der Waals surface area contributed by atoms with E-state index in [-0.39, 0.29) is 5.69 Å². The first kappa shape index (κ1) is 15.1. The molecule has 0 unspecified atom stereocenters. The number of halogens is 3. The van der Waals surface area contributed by atoms with Crippen LogP contribution in [-0.2, 0) is 13.2 Å². The van der Waals surface area contributed by atoms with Gasteiger partial charge >= 0.3 is 6.18 Å². The first-order valence-corrected chi connectivity index (χ1v) is 6.18. The second-order valence-electron chi connectivity index (χ2n) is 4.81. The first-order chi connectivity index (χ1) is 9.68. The summed E-state index contributed by atoms with van der Waals surface area (Å²) >= 11 is 0. The fraction of sp³-hybridized carbons (Fsp3) is 0.286. The van der Waals surface area contributed by atoms with Gasteiger partial charge in [0.15, 0.2) is 5.69 Å². The first-order valence-electron chi connectivity index (χ1n) is 6.18. The van der Waals surface area contributed by atoms with Crippen LogP contribution in [0.3, 0.4) is 0 Å². The zero-order valence-electron chi connectivity index (χ0n) is 11.7. The summed E-state index contributed by atoms with van der Waals surface area (Å²) in [4.78, 5) is 12.1. The fourth-order valence-electron chi connectivity index (χ4n) is 1.96. The molecule has 112 valence electrons. The SMILES string of the molecule is Cc1ccc(NC(=O)c2cc(C(F)(F)F)nn2C)c(C)c1. The molecule has 0 fully saturated rings. The van der Waals surface area contributed by atoms with Gasteiger partial charge in [0, 0.05) is 18.8 Å². The lowest BCUT2D eigenvalue weighted by Gasteiger charge is -2.09. The number of nitrogens with one attached hydrogen (secondary N) is 1. The zero-order chi connectivity index (χ0) is 15.8. The molecular formula is C14H14F3N3O. The van der Waals surface area contributed by atoms with E-state index >= 15 is 0 Å². The number of hydrogen-bond donors (Lipinski definition) is 1. The molecular weight excluding hydrogens is 283 g/mol. The Morgan fingerprint density at radius 3 is 2.43 bits per heavy atom. The van der Waals surface area contributed by atoms with Gasteiger partial charge in [0.05, 0.1) is 0 Å². The fourth-order valence-corrected chi connectivity index (χ4v) is 1.96. The maximum absolute atomic E-state index is 12.6. The summed E-state index contributed by atoms with van der Waals surface area (Å²) in [5.41, 5.74) is 1.19. The third-order valence-corrected chi connectivity index (χ3v) is 3.03. The van der Waals surface area contributed by atoms with Crippen molar-refractivity contribution in [3.63, 3.8) is 0 Å². The average Bonchev–Trinajstić information content (AvgIpc) is 2.75. The van der Waals surface area contributed by atoms with Crippen LogP contribution >= 0.6 is 0 Å². The lowest BCUT2D eigenvalue weighted by atomic mass is 10.1. The van der Waals surface area contributed by atoms with Crippen molar-refractivity contribution >= 4 is 11.6 Å². The second kappa shape index (κ2) is 5.23. The van der Waals surface area contributed by atoms with Crippen molar-refractivity contribution < 1.29 is 18.0 Å². The number of aromatic nitrogens is 2. The summed E-state index contributed by atoms with van der Waals surface area (Å²) in [7, 11) is 1.30. The Hall–Kier alpha value is -2.31. The minimum Gasteiger partial charge on any atom is -0.320 e. The molecule has 1 N–H and O–H groups in total. The van der Waals surface area contributed by atoms with Crippen molar-refractivity contribution in [2.24, 2.45) is 7.05 Å². The highest BCUT2D eigenvalue weighted by Crippen LogP contribution is 2.28. The van der Waals surface area contributed by atoms with E-state index in [0.717, 1.165) is 21.9 Å². The molecule has 4 nitrogen and oxygen atoms in total. The second-order valence-corrected chi connectivity index (χ2v) is 4.81. The Kier molecular flexibility index (Phi) is 3.76. The van der Waals surface area contributed by atoms with Gasteiger partial charge in [-0.15, -0.1) is 0 Å². The van der Waals surface area contributed by atoms with E-state index < -0.39 is 17.8 Å². The molecule has 0 spiro atoms. The Morgan fingerprint density at radius 1 is 1.24 bits per heavy atom. The summed E-state index contributed by atoms with van der Waals surface area (Å²) in [6.07, 6.45) is -4.57. The molecule has 0 saturated carbocycles. The molecule has 0 aliphatic heterocycles. The third kappa shape index (κ3) is 3.24. The highest BCUT2D eigenvalue weighted by Gasteiger charge is 2.35. The van der Waals surface area contributed by atoms with Crippen molar-refractivity contribution in [1.29, 1.82) is 0 Å². The predicted octanol–water partition coefficient (Wildman–Crippen LogP) is 3.31. The maximum Gasteiger partial charge on any atom is 0.435 e. The van der Waals surface area contributed by atoms with E-state index in [4.69, 9.17) is 0 Å². The van der Waals surface area contributed by atoms with Crippen LogP contribution in [0.25, 0.3) is 0 Å². The number of benzene rings is 1. The van der Waals surface area contributed by atoms with Crippen molar-refractivity contribution in [2.75, 3.05) is 5.32 Å². The Labute approximate surface area is 119 Å². The van der Waals surface area contributed by atoms with E-state index in [9.17, 15) is 18.0 Å². The van der Waals surface area contributed by atoms with E-state index in [0.29, 0.717) is 5.69 Å². The molecule has 0 atom stereocenters. The van der Waals surface area contributed by atoms with Gasteiger partial charge in [0.1, 0.15) is 5.69 Å². The minimum atomic E-state index is -4.57. The monoisotopic (exact) mass is 297 g/mol. The van der Waals surface area contributed by atoms with Gasteiger partial charge in [0.2, 0.25) is 0 Å². The van der Waals surface area contributed by atoms with Crippen molar-refractivity contribution in [2.45, 2.75) is 20.0 Å². The number of alkyl halides is 3. The number of amides is 1. The van der Waals surface area contributed by atoms with E-state index in [2.05, 4.69) is 10.4 Å². The summed E-state index contributed by atoms with van der Waals surface area (Å²) < 4.78 is 38.6. The molecule has 0 aliphatic rings. The molecule has 1 amide bonds. The molecule has 1 heterocycles. The molecule has 0 aliphatic carbocycles. The van der Waals surface area contributed by atoms with Crippen LogP contribution in [0.15, 0.2) is 24.3 Å². The number of carbonyl (C=O) groups excluding carboxylic acids is 1. The molecule has 7 heteroatoms. The van der Waals surface area contributed by atoms with Crippen LogP contribution in [0.1, 0.15) is 27.3 Å². The normalized spacial score (nSPS) is 11.5. The highest BCUT2D eigenvalue weighted by molar-refractivity contribution is 6.03. The molecule has 1 aromatic carbocycles. The van der Waals surface area contributed by atoms with Crippen LogP contribution in [-0.4, -0.2) is 15.7 Å². The van der Waals surface area contributed by atoms with Crippen LogP contribution < -0.4 is 5.32 Å². The van der Waals surface area contributed by atoms with Crippen molar-refractivity contribution in [3.05, 3.63) is 46.8 Å². The molecule has 2 rings (SSSR count). The summed E-state index contributed by atoms with van der Waals surface area (Å²) in [5, 5.41) is 5.90. The van der Waals surface area contributed by atoms with Gasteiger partial charge in [-0.2, -0.15) is 18.3 Å². The standard InChI is InChI=1S/C14H14F3N3O/c1-8-4-5-10(9(2)6-8)18-13(21)11-7-12(14(15,16)17)19-20(11)3/h4-7H,1-3H3,(H,18,21). The number of carbonyl (C=O) groups is 1. The maximum atomic E-state index is 12.6. The van der Waals surface area contributed by atoms with Gasteiger partial charge in [-0.1, -0.05) is 17.7 Å². The van der Waals surface area contributed by atoms with Crippen LogP contribution in [0.4, 0.5) is 18.9 Å². The number of nitrogens with zero attached hydrogens (tertiary/aromatic N) is 2. The Morgan fingerprint density at radius 2 is 1.90 bits per heavy atom. The zero-order valence-corrected chi connectivity index (χ0v) is 11.7. The summed E-state index contributed by atoms with van der Waals surface area (Å²) in [5.74, 6) is -0.632. The van der Waals surface area contributed by atoms with Crippen molar-refractivity contribution in [3.8, 4) is 0 Å². The lowest BCUT2D eigenvalue weighted by molar-refractivity contribution is -0.141. The smallest absolute Gasteiger partial charge is 0.320 e. The highest BCUT2D eigenvalue weighted by atomic mass is 19.4. The molecule has 0 saturated heterocycles. The van der Waals surface area contributed by atoms with Gasteiger partial charge in [-0.3, -0.25) is 9.48 Å². The third-order valence-electron chi connectivity index (χ3n) is 3.03. The number of rotatable bonds is 2. The molecule has 2 aromatic rings. The van der Waals surface area contributed by atoms with Gasteiger partial charge in [-0.25, -0.2) is 0 Å². The van der Waals surface area contributed by atoms with Gasteiger partial charge < -0.3 is 5.32 Å². The minimum absolute atomic E-state index is 0.151. The van der Waals surface area contributed by atoms with Gasteiger partial charge in [0.25, 0.3) is 5.91 Å². The van der Waals surface area contributed by atoms with Gasteiger partial charge in [-0.05, 0) is 25.5 Å². The summed E-state index contributed by atoms with van der Waals surface area (Å²) in [6, 6.07) is 6.13. The molecule has 1 aromatic heterocycles. The van der Waals surface area contributed by atoms with Crippen LogP contribution in [0.2, 0.25) is 0 Å². The van der Waals surface area contributed by atoms with E-state index in [1.165, 1.54) is 7.05 Å². The van der Waals surface area contributed by atoms with Crippen LogP contribution in [0, 0.1) is 13.8 Å². The largest absolute Gasteiger partial charge is 0.435 e. The molecule has 21 heavy (non-hydrogen) atoms. The van der Waals surface area contributed by atoms with Crippen LogP contribution in [0.5, 0.6) is 0 Å². The van der Waals surface area contributed by atoms with E-state index in [1.54, 1.807) is 6.07 Å². The Bertz CT molecular complexity index is 689. The number of aryl methyl sites for hydroxylation is 3. The number of hydrogen-bond acceptors (Lipinski definition) is 2. The summed E-state index contributed by atoms with van der Waals surface area (Å²) in [6.45, 7) is 3.72. The average molecular weight is 297 g/mol. The van der Waals surface area contributed by atoms with E-state index in [1.807, 2.05) is 26.0 Å². The molecule has 0 bridgehead atoms. The topological polar surface area (TPSA) is 46.9 Å². The predicted molar refractivity (Wildman–Crippen MR) is 72.1 cm³/mol. The quantitative estimate of drug-likeness (QED) is 0.924. The molecule has 0 radical (unpaired) electrons.